The van der Waals surface area contributed by atoms with E-state index in [1.54, 1.807) is 0 Å². The predicted octanol–water partition coefficient (Wildman–Crippen LogP) is 26.1. The molecule has 0 fully saturated rings. The highest BCUT2D eigenvalue weighted by atomic mass is 15.1. The Bertz CT molecular complexity index is 7500. The monoisotopic (exact) mass is 1430 g/mol. The van der Waals surface area contributed by atoms with Crippen LogP contribution < -0.4 is 0 Å². The molecular weight excluding hydrogens is 1360 g/mol. The van der Waals surface area contributed by atoms with E-state index < -0.39 is 0 Å². The first-order valence-electron chi connectivity index (χ1n) is 38.0. The molecule has 9 heteroatoms. The van der Waals surface area contributed by atoms with Gasteiger partial charge in [0.15, 0.2) is 23.3 Å². The number of fused-ring (bicyclic) bond motifs is 12. The topological polar surface area (TPSA) is 84.2 Å². The second kappa shape index (κ2) is 26.3. The Labute approximate surface area is 644 Å². The van der Waals surface area contributed by atoms with Gasteiger partial charge < -0.3 is 18.3 Å². The van der Waals surface area contributed by atoms with Crippen LogP contribution in [0.15, 0.2) is 394 Å². The average molecular weight is 1430 g/mol. The Morgan fingerprint density at radius 1 is 0.161 bits per heavy atom. The molecule has 0 aliphatic rings. The Morgan fingerprint density at radius 2 is 0.527 bits per heavy atom. The molecule has 22 rings (SSSR count). The number of nitrogens with zero attached hydrogens (tertiary/aromatic N) is 9. The van der Waals surface area contributed by atoms with Crippen LogP contribution in [-0.4, -0.2) is 43.2 Å². The van der Waals surface area contributed by atoms with Crippen LogP contribution in [0.5, 0.6) is 0 Å². The summed E-state index contributed by atoms with van der Waals surface area (Å²) in [5.74, 6) is 2.30. The third-order valence-electron chi connectivity index (χ3n) is 22.2. The minimum absolute atomic E-state index is 0.554. The molecule has 0 spiro atoms. The van der Waals surface area contributed by atoms with Gasteiger partial charge in [0.25, 0.3) is 0 Å². The lowest BCUT2D eigenvalue weighted by Gasteiger charge is -2.16. The van der Waals surface area contributed by atoms with Crippen molar-refractivity contribution in [3.8, 4) is 124 Å². The van der Waals surface area contributed by atoms with Gasteiger partial charge in [0, 0.05) is 87.8 Å². The zero-order valence-corrected chi connectivity index (χ0v) is 60.6. The van der Waals surface area contributed by atoms with Crippen LogP contribution in [0, 0.1) is 0 Å². The Balaban J connectivity index is 0.632. The van der Waals surface area contributed by atoms with Gasteiger partial charge in [-0.05, 0) is 155 Å². The normalized spacial score (nSPS) is 11.8. The standard InChI is InChI=1S/C103H65N9/c1-5-28-66(29-6-1)87-65-88(82-43-16-22-50-92(82)111-90-48-20-14-41-79(90)85-62-70(55-58-95(85)111)71-54-57-81-78-40-13-19-47-89(78)110(98(81)64-71)76-38-11-4-12-39-76)105-101(104-87)73-34-25-32-68(60-73)69-33-26-35-74(61-69)102-106-100(67-30-7-2-8-31-67)107-103(108-102)84-45-18-24-52-94(84)112-91-49-21-15-42-80(91)86-63-72(56-59-96(86)112)77-46-27-53-97-99(77)83-44-17-23-51-93(83)109(97)75-36-9-3-10-37-75/h1-65H. The predicted molar refractivity (Wildman–Crippen MR) is 462 cm³/mol. The maximum absolute atomic E-state index is 5.58. The summed E-state index contributed by atoms with van der Waals surface area (Å²) in [4.78, 5) is 27.2. The van der Waals surface area contributed by atoms with Crippen LogP contribution in [-0.2, 0) is 0 Å². The van der Waals surface area contributed by atoms with Crippen molar-refractivity contribution >= 4 is 87.2 Å². The first kappa shape index (κ1) is 64.0. The minimum Gasteiger partial charge on any atom is -0.309 e. The second-order valence-corrected chi connectivity index (χ2v) is 28.7. The number of hydrogen-bond acceptors (Lipinski definition) is 5. The minimum atomic E-state index is 0.554. The largest absolute Gasteiger partial charge is 0.309 e. The summed E-state index contributed by atoms with van der Waals surface area (Å²) in [7, 11) is 0. The Hall–Kier alpha value is -15.2. The molecular formula is C103H65N9. The van der Waals surface area contributed by atoms with Crippen LogP contribution in [0.4, 0.5) is 0 Å². The zero-order chi connectivity index (χ0) is 73.7. The van der Waals surface area contributed by atoms with E-state index in [1.165, 1.54) is 59.9 Å². The van der Waals surface area contributed by atoms with E-state index in [0.29, 0.717) is 23.3 Å². The lowest BCUT2D eigenvalue weighted by atomic mass is 9.98. The fraction of sp³-hybridized carbons (Fsp3) is 0. The van der Waals surface area contributed by atoms with Crippen LogP contribution in [0.25, 0.3) is 211 Å². The van der Waals surface area contributed by atoms with Crippen molar-refractivity contribution < 1.29 is 0 Å². The molecule has 0 amide bonds. The summed E-state index contributed by atoms with van der Waals surface area (Å²) in [6, 6.07) is 141. The van der Waals surface area contributed by atoms with Crippen molar-refractivity contribution in [2.75, 3.05) is 0 Å². The Morgan fingerprint density at radius 3 is 1.15 bits per heavy atom. The molecule has 9 nitrogen and oxygen atoms in total. The molecule has 0 N–H and O–H groups in total. The molecule has 0 aliphatic carbocycles. The van der Waals surface area contributed by atoms with E-state index in [2.05, 4.69) is 388 Å². The fourth-order valence-electron chi connectivity index (χ4n) is 17.2. The molecule has 22 aromatic rings. The van der Waals surface area contributed by atoms with Crippen molar-refractivity contribution in [3.63, 3.8) is 0 Å². The van der Waals surface area contributed by atoms with Crippen molar-refractivity contribution in [3.05, 3.63) is 394 Å². The molecule has 0 saturated carbocycles. The average Bonchev–Trinajstić information content (AvgIpc) is 1.57. The number of para-hydroxylation sites is 8. The van der Waals surface area contributed by atoms with Gasteiger partial charge in [-0.25, -0.2) is 24.9 Å². The molecule has 112 heavy (non-hydrogen) atoms. The molecule has 0 bridgehead atoms. The number of rotatable bonds is 13. The van der Waals surface area contributed by atoms with E-state index in [1.807, 2.05) is 24.3 Å². The molecule has 6 aromatic heterocycles. The quantitative estimate of drug-likeness (QED) is 0.115. The van der Waals surface area contributed by atoms with Gasteiger partial charge in [-0.3, -0.25) is 0 Å². The SMILES string of the molecule is c1ccc(-c2cc(-c3ccccc3-n3c4ccccc4c4cc(-c5ccc6c7ccccc7n(-c7ccccc7)c6c5)ccc43)nc(-c3cccc(-c4cccc(-c5nc(-c6ccccc6)nc(-c6ccccc6-n6c7ccccc7c7cc(-c8cccc9c8c8ccccc8n9-c8ccccc8)ccc76)n5)c4)c3)n2)cc1. The van der Waals surface area contributed by atoms with Crippen LogP contribution in [0.1, 0.15) is 0 Å². The van der Waals surface area contributed by atoms with Gasteiger partial charge in [0.2, 0.25) is 0 Å². The lowest BCUT2D eigenvalue weighted by molar-refractivity contribution is 1.06. The summed E-state index contributed by atoms with van der Waals surface area (Å²) in [5.41, 5.74) is 27.0. The van der Waals surface area contributed by atoms with Crippen LogP contribution in [0.3, 0.4) is 0 Å². The zero-order valence-electron chi connectivity index (χ0n) is 60.6. The van der Waals surface area contributed by atoms with Crippen LogP contribution >= 0.6 is 0 Å². The third kappa shape index (κ3) is 10.7. The van der Waals surface area contributed by atoms with Crippen molar-refractivity contribution in [2.45, 2.75) is 0 Å². The van der Waals surface area contributed by atoms with Crippen molar-refractivity contribution in [2.24, 2.45) is 0 Å². The number of aromatic nitrogens is 9. The second-order valence-electron chi connectivity index (χ2n) is 28.7. The molecule has 0 radical (unpaired) electrons. The fourth-order valence-corrected chi connectivity index (χ4v) is 17.2. The summed E-state index contributed by atoms with van der Waals surface area (Å²) in [6.45, 7) is 0. The molecule has 0 unspecified atom stereocenters. The van der Waals surface area contributed by atoms with Crippen molar-refractivity contribution in [1.82, 2.24) is 43.2 Å². The van der Waals surface area contributed by atoms with Gasteiger partial charge in [-0.2, -0.15) is 0 Å². The smallest absolute Gasteiger partial charge is 0.166 e. The molecule has 6 heterocycles. The molecule has 0 atom stereocenters. The van der Waals surface area contributed by atoms with Gasteiger partial charge in [0.05, 0.1) is 66.9 Å². The lowest BCUT2D eigenvalue weighted by Crippen LogP contribution is -2.03. The first-order valence-corrected chi connectivity index (χ1v) is 38.0. The van der Waals surface area contributed by atoms with Crippen molar-refractivity contribution in [1.29, 1.82) is 0 Å². The number of benzene rings is 16. The highest BCUT2D eigenvalue weighted by molar-refractivity contribution is 6.18. The highest BCUT2D eigenvalue weighted by Crippen LogP contribution is 2.45. The summed E-state index contributed by atoms with van der Waals surface area (Å²) >= 11 is 0. The maximum atomic E-state index is 5.58. The maximum Gasteiger partial charge on any atom is 0.166 e. The molecule has 16 aromatic carbocycles. The van der Waals surface area contributed by atoms with Gasteiger partial charge >= 0.3 is 0 Å². The Kier molecular flexibility index (Phi) is 15.1. The van der Waals surface area contributed by atoms with E-state index >= 15 is 0 Å². The van der Waals surface area contributed by atoms with Crippen LogP contribution in [0.2, 0.25) is 0 Å². The summed E-state index contributed by atoms with van der Waals surface area (Å²) < 4.78 is 9.56. The molecule has 522 valence electrons. The first-order chi connectivity index (χ1) is 55.5. The van der Waals surface area contributed by atoms with Gasteiger partial charge in [0.1, 0.15) is 0 Å². The van der Waals surface area contributed by atoms with E-state index in [9.17, 15) is 0 Å². The third-order valence-corrected chi connectivity index (χ3v) is 22.2. The number of hydrogen-bond donors (Lipinski definition) is 0. The van der Waals surface area contributed by atoms with Gasteiger partial charge in [-0.1, -0.05) is 273 Å². The van der Waals surface area contributed by atoms with E-state index in [4.69, 9.17) is 24.9 Å². The van der Waals surface area contributed by atoms with E-state index in [-0.39, 0.29) is 0 Å². The van der Waals surface area contributed by atoms with E-state index in [0.717, 1.165) is 128 Å². The molecule has 0 aliphatic heterocycles. The summed E-state index contributed by atoms with van der Waals surface area (Å²) in [5, 5.41) is 9.54. The molecule has 0 saturated heterocycles. The van der Waals surface area contributed by atoms with Gasteiger partial charge in [-0.15, -0.1) is 0 Å². The summed E-state index contributed by atoms with van der Waals surface area (Å²) in [6.07, 6.45) is 0. The highest BCUT2D eigenvalue weighted by Gasteiger charge is 2.25.